The van der Waals surface area contributed by atoms with Gasteiger partial charge < -0.3 is 10.2 Å². The van der Waals surface area contributed by atoms with E-state index in [2.05, 4.69) is 5.10 Å². The summed E-state index contributed by atoms with van der Waals surface area (Å²) in [5.41, 5.74) is 1.31. The lowest BCUT2D eigenvalue weighted by Crippen LogP contribution is -2.02. The van der Waals surface area contributed by atoms with Gasteiger partial charge in [0.05, 0.1) is 19.3 Å². The number of aromatic hydroxyl groups is 1. The average Bonchev–Trinajstić information content (AvgIpc) is 2.63. The Morgan fingerprint density at radius 3 is 2.62 bits per heavy atom. The zero-order chi connectivity index (χ0) is 11.5. The number of para-hydroxylation sites is 1. The van der Waals surface area contributed by atoms with Crippen molar-refractivity contribution < 1.29 is 10.2 Å². The van der Waals surface area contributed by atoms with E-state index >= 15 is 0 Å². The lowest BCUT2D eigenvalue weighted by molar-refractivity contribution is 0.282. The van der Waals surface area contributed by atoms with Crippen LogP contribution < -0.4 is 0 Å². The molecule has 0 aliphatic rings. The normalized spacial score (nSPS) is 10.6. The fraction of sp³-hybridized carbons (Fsp3) is 0.182. The topological polar surface area (TPSA) is 58.3 Å². The highest BCUT2D eigenvalue weighted by molar-refractivity contribution is 6.30. The summed E-state index contributed by atoms with van der Waals surface area (Å²) < 4.78 is 1.53. The predicted molar refractivity (Wildman–Crippen MR) is 60.4 cm³/mol. The molecule has 1 aromatic carbocycles. The molecule has 0 amide bonds. The number of hydrogen-bond acceptors (Lipinski definition) is 3. The molecular weight excluding hydrogens is 228 g/mol. The highest BCUT2D eigenvalue weighted by atomic mass is 35.5. The minimum atomic E-state index is -0.139. The quantitative estimate of drug-likeness (QED) is 0.857. The van der Waals surface area contributed by atoms with Crippen molar-refractivity contribution in [3.8, 4) is 5.75 Å². The van der Waals surface area contributed by atoms with E-state index < -0.39 is 0 Å². The molecule has 0 fully saturated rings. The molecule has 0 atom stereocenters. The van der Waals surface area contributed by atoms with Gasteiger partial charge in [-0.05, 0) is 6.07 Å². The smallest absolute Gasteiger partial charge is 0.132 e. The number of halogens is 1. The number of aromatic nitrogens is 2. The van der Waals surface area contributed by atoms with E-state index in [0.29, 0.717) is 17.3 Å². The molecule has 0 unspecified atom stereocenters. The molecule has 2 aromatic rings. The van der Waals surface area contributed by atoms with E-state index in [9.17, 15) is 5.11 Å². The van der Waals surface area contributed by atoms with Gasteiger partial charge in [0.25, 0.3) is 0 Å². The van der Waals surface area contributed by atoms with Crippen LogP contribution in [0.25, 0.3) is 0 Å². The van der Waals surface area contributed by atoms with Crippen LogP contribution in [0.3, 0.4) is 0 Å². The van der Waals surface area contributed by atoms with Gasteiger partial charge in [0.2, 0.25) is 0 Å². The molecule has 1 heterocycles. The molecular formula is C11H11ClN2O2. The number of aliphatic hydroxyl groups excluding tert-OH is 1. The Hall–Kier alpha value is -1.52. The van der Waals surface area contributed by atoms with E-state index in [4.69, 9.17) is 16.7 Å². The van der Waals surface area contributed by atoms with Crippen LogP contribution in [0, 0.1) is 0 Å². The second-order valence-corrected chi connectivity index (χ2v) is 3.76. The molecule has 2 rings (SSSR count). The maximum Gasteiger partial charge on any atom is 0.132 e. The van der Waals surface area contributed by atoms with Gasteiger partial charge in [0, 0.05) is 11.1 Å². The first kappa shape index (κ1) is 11.0. The van der Waals surface area contributed by atoms with Gasteiger partial charge in [-0.1, -0.05) is 29.8 Å². The lowest BCUT2D eigenvalue weighted by Gasteiger charge is -2.05. The number of nitrogens with zero attached hydrogens (tertiary/aromatic N) is 2. The molecule has 0 aliphatic carbocycles. The maximum atomic E-state index is 9.59. The van der Waals surface area contributed by atoms with Crippen molar-refractivity contribution in [3.63, 3.8) is 0 Å². The maximum absolute atomic E-state index is 9.59. The molecule has 0 aliphatic heterocycles. The Morgan fingerprint density at radius 1 is 1.25 bits per heavy atom. The summed E-state index contributed by atoms with van der Waals surface area (Å²) in [6.45, 7) is 0.241. The minimum Gasteiger partial charge on any atom is -0.508 e. The number of rotatable bonds is 3. The second-order valence-electron chi connectivity index (χ2n) is 3.41. The Bertz CT molecular complexity index is 496. The van der Waals surface area contributed by atoms with Gasteiger partial charge in [0.1, 0.15) is 10.9 Å². The standard InChI is InChI=1S/C11H11ClN2O2/c12-11-9(7-15)5-13-14(11)6-8-3-1-2-4-10(8)16/h1-5,15-16H,6-7H2. The van der Waals surface area contributed by atoms with E-state index in [0.717, 1.165) is 5.56 Å². The summed E-state index contributed by atoms with van der Waals surface area (Å²) in [5, 5.41) is 23.0. The number of phenols is 1. The SMILES string of the molecule is OCc1cnn(Cc2ccccc2O)c1Cl. The monoisotopic (exact) mass is 238 g/mol. The van der Waals surface area contributed by atoms with E-state index in [1.807, 2.05) is 6.07 Å². The predicted octanol–water partition coefficient (Wildman–Crippen LogP) is 1.78. The number of phenolic OH excluding ortho intramolecular Hbond substituents is 1. The Labute approximate surface area is 97.7 Å². The van der Waals surface area contributed by atoms with Gasteiger partial charge in [-0.3, -0.25) is 0 Å². The van der Waals surface area contributed by atoms with Crippen LogP contribution in [0.2, 0.25) is 5.15 Å². The van der Waals surface area contributed by atoms with Crippen molar-refractivity contribution in [1.29, 1.82) is 0 Å². The lowest BCUT2D eigenvalue weighted by atomic mass is 10.2. The van der Waals surface area contributed by atoms with Crippen LogP contribution in [0.15, 0.2) is 30.5 Å². The van der Waals surface area contributed by atoms with Crippen molar-refractivity contribution in [3.05, 3.63) is 46.7 Å². The molecule has 4 nitrogen and oxygen atoms in total. The van der Waals surface area contributed by atoms with Gasteiger partial charge >= 0.3 is 0 Å². The van der Waals surface area contributed by atoms with Crippen LogP contribution in [0.4, 0.5) is 0 Å². The molecule has 0 saturated heterocycles. The molecule has 0 spiro atoms. The first-order valence-corrected chi connectivity index (χ1v) is 5.18. The molecule has 1 aromatic heterocycles. The largest absolute Gasteiger partial charge is 0.508 e. The summed E-state index contributed by atoms with van der Waals surface area (Å²) in [7, 11) is 0. The van der Waals surface area contributed by atoms with Crippen LogP contribution in [-0.2, 0) is 13.2 Å². The van der Waals surface area contributed by atoms with E-state index in [1.165, 1.54) is 10.9 Å². The molecule has 0 saturated carbocycles. The average molecular weight is 239 g/mol. The third kappa shape index (κ3) is 2.03. The Kier molecular flexibility index (Phi) is 3.12. The number of aliphatic hydroxyl groups is 1. The first-order valence-electron chi connectivity index (χ1n) is 4.80. The molecule has 84 valence electrons. The number of benzene rings is 1. The second kappa shape index (κ2) is 4.55. The van der Waals surface area contributed by atoms with Crippen molar-refractivity contribution in [2.75, 3.05) is 0 Å². The highest BCUT2D eigenvalue weighted by Crippen LogP contribution is 2.21. The number of hydrogen-bond donors (Lipinski definition) is 2. The Morgan fingerprint density at radius 2 is 2.00 bits per heavy atom. The highest BCUT2D eigenvalue weighted by Gasteiger charge is 2.09. The van der Waals surface area contributed by atoms with E-state index in [1.54, 1.807) is 18.2 Å². The van der Waals surface area contributed by atoms with Gasteiger partial charge in [-0.2, -0.15) is 5.10 Å². The molecule has 0 radical (unpaired) electrons. The summed E-state index contributed by atoms with van der Waals surface area (Å²) in [6, 6.07) is 6.99. The summed E-state index contributed by atoms with van der Waals surface area (Å²) in [6.07, 6.45) is 1.52. The third-order valence-corrected chi connectivity index (χ3v) is 2.76. The van der Waals surface area contributed by atoms with Crippen molar-refractivity contribution >= 4 is 11.6 Å². The molecule has 2 N–H and O–H groups in total. The van der Waals surface area contributed by atoms with Crippen LogP contribution in [-0.4, -0.2) is 20.0 Å². The fourth-order valence-corrected chi connectivity index (χ4v) is 1.64. The van der Waals surface area contributed by atoms with Crippen LogP contribution in [0.5, 0.6) is 5.75 Å². The summed E-state index contributed by atoms with van der Waals surface area (Å²) >= 11 is 5.99. The van der Waals surface area contributed by atoms with Crippen molar-refractivity contribution in [2.24, 2.45) is 0 Å². The molecule has 16 heavy (non-hydrogen) atoms. The van der Waals surface area contributed by atoms with E-state index in [-0.39, 0.29) is 12.4 Å². The Balaban J connectivity index is 2.27. The van der Waals surface area contributed by atoms with Gasteiger partial charge in [0.15, 0.2) is 0 Å². The van der Waals surface area contributed by atoms with Crippen LogP contribution >= 0.6 is 11.6 Å². The van der Waals surface area contributed by atoms with Gasteiger partial charge in [-0.15, -0.1) is 0 Å². The van der Waals surface area contributed by atoms with Crippen molar-refractivity contribution in [1.82, 2.24) is 9.78 Å². The minimum absolute atomic E-state index is 0.139. The molecule has 0 bridgehead atoms. The fourth-order valence-electron chi connectivity index (χ4n) is 1.43. The first-order chi connectivity index (χ1) is 7.72. The molecule has 5 heteroatoms. The summed E-state index contributed by atoms with van der Waals surface area (Å²) in [5.74, 6) is 0.208. The third-order valence-electron chi connectivity index (χ3n) is 2.33. The summed E-state index contributed by atoms with van der Waals surface area (Å²) in [4.78, 5) is 0. The van der Waals surface area contributed by atoms with Gasteiger partial charge in [-0.25, -0.2) is 4.68 Å². The van der Waals surface area contributed by atoms with Crippen LogP contribution in [0.1, 0.15) is 11.1 Å². The zero-order valence-corrected chi connectivity index (χ0v) is 9.22. The van der Waals surface area contributed by atoms with Crippen molar-refractivity contribution in [2.45, 2.75) is 13.2 Å². The zero-order valence-electron chi connectivity index (χ0n) is 8.47.